The van der Waals surface area contributed by atoms with Gasteiger partial charge in [0.25, 0.3) is 0 Å². The zero-order valence-corrected chi connectivity index (χ0v) is 10.7. The minimum Gasteiger partial charge on any atom is -0.314 e. The van der Waals surface area contributed by atoms with Gasteiger partial charge >= 0.3 is 0 Å². The van der Waals surface area contributed by atoms with Crippen LogP contribution in [0.4, 0.5) is 0 Å². The monoisotopic (exact) mass is 232 g/mol. The summed E-state index contributed by atoms with van der Waals surface area (Å²) in [6.45, 7) is 5.08. The number of hydrogen-bond donors (Lipinski definition) is 1. The predicted molar refractivity (Wildman–Crippen MR) is 69.8 cm³/mol. The van der Waals surface area contributed by atoms with Crippen LogP contribution in [0, 0.1) is 13.8 Å². The maximum atomic E-state index is 4.61. The van der Waals surface area contributed by atoms with Crippen molar-refractivity contribution in [1.29, 1.82) is 0 Å². The summed E-state index contributed by atoms with van der Waals surface area (Å²) in [6, 6.07) is 6.57. The SMILES string of the molecule is CNCc1csc(-c2cc(C)cc(C)c2)n1. The van der Waals surface area contributed by atoms with Crippen molar-refractivity contribution in [2.75, 3.05) is 7.05 Å². The highest BCUT2D eigenvalue weighted by molar-refractivity contribution is 7.13. The van der Waals surface area contributed by atoms with E-state index < -0.39 is 0 Å². The molecule has 0 atom stereocenters. The van der Waals surface area contributed by atoms with Gasteiger partial charge in [0.1, 0.15) is 5.01 Å². The fraction of sp³-hybridized carbons (Fsp3) is 0.308. The lowest BCUT2D eigenvalue weighted by molar-refractivity contribution is 0.798. The Bertz CT molecular complexity index is 468. The van der Waals surface area contributed by atoms with Gasteiger partial charge in [-0.3, -0.25) is 0 Å². The average Bonchev–Trinajstić information content (AvgIpc) is 2.65. The van der Waals surface area contributed by atoms with Crippen molar-refractivity contribution in [1.82, 2.24) is 10.3 Å². The molecule has 2 nitrogen and oxygen atoms in total. The van der Waals surface area contributed by atoms with Crippen molar-refractivity contribution in [2.24, 2.45) is 0 Å². The molecule has 0 spiro atoms. The Kier molecular flexibility index (Phi) is 3.36. The summed E-state index contributed by atoms with van der Waals surface area (Å²) >= 11 is 1.71. The van der Waals surface area contributed by atoms with Gasteiger partial charge in [-0.1, -0.05) is 17.2 Å². The highest BCUT2D eigenvalue weighted by atomic mass is 32.1. The van der Waals surface area contributed by atoms with E-state index in [0.717, 1.165) is 17.2 Å². The number of aryl methyl sites for hydroxylation is 2. The van der Waals surface area contributed by atoms with E-state index in [0.29, 0.717) is 0 Å². The quantitative estimate of drug-likeness (QED) is 0.879. The van der Waals surface area contributed by atoms with Gasteiger partial charge in [-0.25, -0.2) is 4.98 Å². The van der Waals surface area contributed by atoms with Gasteiger partial charge in [0.15, 0.2) is 0 Å². The van der Waals surface area contributed by atoms with Gasteiger partial charge in [0, 0.05) is 17.5 Å². The molecule has 3 heteroatoms. The minimum atomic E-state index is 0.835. The van der Waals surface area contributed by atoms with Crippen LogP contribution in [0.25, 0.3) is 10.6 Å². The second-order valence-corrected chi connectivity index (χ2v) is 4.91. The summed E-state index contributed by atoms with van der Waals surface area (Å²) in [7, 11) is 1.94. The van der Waals surface area contributed by atoms with E-state index in [1.54, 1.807) is 11.3 Å². The highest BCUT2D eigenvalue weighted by Gasteiger charge is 2.05. The van der Waals surface area contributed by atoms with Crippen LogP contribution in [0.5, 0.6) is 0 Å². The van der Waals surface area contributed by atoms with Crippen LogP contribution < -0.4 is 5.32 Å². The van der Waals surface area contributed by atoms with Crippen LogP contribution in [0.1, 0.15) is 16.8 Å². The zero-order chi connectivity index (χ0) is 11.5. The van der Waals surface area contributed by atoms with E-state index in [4.69, 9.17) is 0 Å². The first-order valence-electron chi connectivity index (χ1n) is 5.36. The molecule has 2 aromatic rings. The standard InChI is InChI=1S/C13H16N2S/c1-9-4-10(2)6-11(5-9)13-15-12(7-14-3)8-16-13/h4-6,8,14H,7H2,1-3H3. The number of aromatic nitrogens is 1. The minimum absolute atomic E-state index is 0.835. The Balaban J connectivity index is 2.34. The molecule has 0 fully saturated rings. The molecule has 0 radical (unpaired) electrons. The van der Waals surface area contributed by atoms with Gasteiger partial charge in [0.05, 0.1) is 5.69 Å². The molecule has 0 aliphatic carbocycles. The molecule has 0 saturated heterocycles. The van der Waals surface area contributed by atoms with Gasteiger partial charge in [-0.15, -0.1) is 11.3 Å². The molecule has 1 N–H and O–H groups in total. The van der Waals surface area contributed by atoms with Crippen molar-refractivity contribution in [2.45, 2.75) is 20.4 Å². The Hall–Kier alpha value is -1.19. The third-order valence-corrected chi connectivity index (χ3v) is 3.32. The Morgan fingerprint density at radius 2 is 1.88 bits per heavy atom. The van der Waals surface area contributed by atoms with E-state index in [2.05, 4.69) is 47.7 Å². The van der Waals surface area contributed by atoms with Crippen molar-refractivity contribution in [3.63, 3.8) is 0 Å². The van der Waals surface area contributed by atoms with Crippen molar-refractivity contribution >= 4 is 11.3 Å². The number of thiazole rings is 1. The summed E-state index contributed by atoms with van der Waals surface area (Å²) in [5.41, 5.74) is 4.92. The summed E-state index contributed by atoms with van der Waals surface area (Å²) in [5.74, 6) is 0. The van der Waals surface area contributed by atoms with Crippen LogP contribution >= 0.6 is 11.3 Å². The summed E-state index contributed by atoms with van der Waals surface area (Å²) in [6.07, 6.45) is 0. The maximum absolute atomic E-state index is 4.61. The van der Waals surface area contributed by atoms with Crippen molar-refractivity contribution in [3.8, 4) is 10.6 Å². The fourth-order valence-corrected chi connectivity index (χ4v) is 2.61. The third kappa shape index (κ3) is 2.49. The molecular weight excluding hydrogens is 216 g/mol. The second kappa shape index (κ2) is 4.76. The van der Waals surface area contributed by atoms with Crippen LogP contribution in [-0.4, -0.2) is 12.0 Å². The lowest BCUT2D eigenvalue weighted by atomic mass is 10.1. The molecule has 84 valence electrons. The summed E-state index contributed by atoms with van der Waals surface area (Å²) in [5, 5.41) is 6.34. The lowest BCUT2D eigenvalue weighted by Gasteiger charge is -2.01. The number of nitrogens with zero attached hydrogens (tertiary/aromatic N) is 1. The number of benzene rings is 1. The fourth-order valence-electron chi connectivity index (χ4n) is 1.80. The Morgan fingerprint density at radius 3 is 2.50 bits per heavy atom. The van der Waals surface area contributed by atoms with Gasteiger partial charge in [-0.2, -0.15) is 0 Å². The lowest BCUT2D eigenvalue weighted by Crippen LogP contribution is -2.04. The van der Waals surface area contributed by atoms with Crippen molar-refractivity contribution in [3.05, 3.63) is 40.4 Å². The first kappa shape index (κ1) is 11.3. The van der Waals surface area contributed by atoms with Crippen LogP contribution in [0.2, 0.25) is 0 Å². The predicted octanol–water partition coefficient (Wildman–Crippen LogP) is 3.15. The van der Waals surface area contributed by atoms with E-state index in [1.807, 2.05) is 7.05 Å². The number of nitrogens with one attached hydrogen (secondary N) is 1. The smallest absolute Gasteiger partial charge is 0.123 e. The van der Waals surface area contributed by atoms with Crippen LogP contribution in [0.15, 0.2) is 23.6 Å². The van der Waals surface area contributed by atoms with Gasteiger partial charge in [0.2, 0.25) is 0 Å². The zero-order valence-electron chi connectivity index (χ0n) is 9.87. The molecule has 0 unspecified atom stereocenters. The molecular formula is C13H16N2S. The average molecular weight is 232 g/mol. The number of rotatable bonds is 3. The van der Waals surface area contributed by atoms with E-state index in [9.17, 15) is 0 Å². The highest BCUT2D eigenvalue weighted by Crippen LogP contribution is 2.25. The van der Waals surface area contributed by atoms with Crippen LogP contribution in [0.3, 0.4) is 0 Å². The van der Waals surface area contributed by atoms with Crippen molar-refractivity contribution < 1.29 is 0 Å². The molecule has 0 amide bonds. The molecule has 1 heterocycles. The second-order valence-electron chi connectivity index (χ2n) is 4.05. The van der Waals surface area contributed by atoms with Crippen LogP contribution in [-0.2, 0) is 6.54 Å². The summed E-state index contributed by atoms with van der Waals surface area (Å²) in [4.78, 5) is 4.61. The molecule has 16 heavy (non-hydrogen) atoms. The molecule has 0 bridgehead atoms. The molecule has 2 rings (SSSR count). The Morgan fingerprint density at radius 1 is 1.19 bits per heavy atom. The molecule has 0 aliphatic heterocycles. The van der Waals surface area contributed by atoms with E-state index in [1.165, 1.54) is 16.7 Å². The largest absolute Gasteiger partial charge is 0.314 e. The number of hydrogen-bond acceptors (Lipinski definition) is 3. The van der Waals surface area contributed by atoms with E-state index in [-0.39, 0.29) is 0 Å². The first-order valence-corrected chi connectivity index (χ1v) is 6.24. The maximum Gasteiger partial charge on any atom is 0.123 e. The molecule has 1 aromatic carbocycles. The Labute approximate surface area is 100 Å². The van der Waals surface area contributed by atoms with Gasteiger partial charge in [-0.05, 0) is 33.0 Å². The molecule has 0 aliphatic rings. The third-order valence-electron chi connectivity index (χ3n) is 2.38. The topological polar surface area (TPSA) is 24.9 Å². The van der Waals surface area contributed by atoms with E-state index >= 15 is 0 Å². The first-order chi connectivity index (χ1) is 7.69. The normalized spacial score (nSPS) is 10.7. The molecule has 0 saturated carbocycles. The molecule has 1 aromatic heterocycles. The van der Waals surface area contributed by atoms with Gasteiger partial charge < -0.3 is 5.32 Å². The summed E-state index contributed by atoms with van der Waals surface area (Å²) < 4.78 is 0.